The van der Waals surface area contributed by atoms with Gasteiger partial charge in [0.05, 0.1) is 0 Å². The van der Waals surface area contributed by atoms with E-state index in [2.05, 4.69) is 53.3 Å². The molecule has 28 heavy (non-hydrogen) atoms. The van der Waals surface area contributed by atoms with Crippen molar-refractivity contribution in [2.24, 2.45) is 5.92 Å². The normalized spacial score (nSPS) is 24.5. The molecule has 5 nitrogen and oxygen atoms in total. The van der Waals surface area contributed by atoms with E-state index in [0.717, 1.165) is 56.0 Å². The zero-order chi connectivity index (χ0) is 19.1. The Kier molecular flexibility index (Phi) is 4.71. The van der Waals surface area contributed by atoms with Gasteiger partial charge in [0, 0.05) is 32.0 Å². The van der Waals surface area contributed by atoms with Crippen LogP contribution in [0.4, 0.5) is 17.5 Å². The van der Waals surface area contributed by atoms with Crippen LogP contribution in [0.3, 0.4) is 0 Å². The molecule has 2 bridgehead atoms. The molecule has 2 aromatic rings. The minimum absolute atomic E-state index is 0.483. The average Bonchev–Trinajstić information content (AvgIpc) is 3.30. The Balaban J connectivity index is 1.46. The van der Waals surface area contributed by atoms with Gasteiger partial charge in [-0.3, -0.25) is 0 Å². The Bertz CT molecular complexity index is 840. The summed E-state index contributed by atoms with van der Waals surface area (Å²) < 4.78 is 5.58. The van der Waals surface area contributed by atoms with Crippen LogP contribution in [0.5, 0.6) is 0 Å². The smallest absolute Gasteiger partial charge is 0.134 e. The summed E-state index contributed by atoms with van der Waals surface area (Å²) in [6, 6.07) is 9.48. The lowest BCUT2D eigenvalue weighted by atomic mass is 9.86. The van der Waals surface area contributed by atoms with Gasteiger partial charge in [-0.1, -0.05) is 13.8 Å². The van der Waals surface area contributed by atoms with Crippen molar-refractivity contribution >= 4 is 17.5 Å². The van der Waals surface area contributed by atoms with Gasteiger partial charge >= 0.3 is 0 Å². The first kappa shape index (κ1) is 17.9. The molecular weight excluding hydrogens is 348 g/mol. The van der Waals surface area contributed by atoms with E-state index < -0.39 is 0 Å². The topological polar surface area (TPSA) is 50.3 Å². The van der Waals surface area contributed by atoms with E-state index in [9.17, 15) is 0 Å². The van der Waals surface area contributed by atoms with Gasteiger partial charge in [0.2, 0.25) is 0 Å². The Morgan fingerprint density at radius 3 is 2.64 bits per heavy atom. The number of pyridine rings is 2. The highest BCUT2D eigenvalue weighted by molar-refractivity contribution is 5.59. The number of hydrogen-bond acceptors (Lipinski definition) is 5. The molecule has 3 aliphatic heterocycles. The second-order valence-corrected chi connectivity index (χ2v) is 8.93. The van der Waals surface area contributed by atoms with E-state index in [-0.39, 0.29) is 0 Å². The Labute approximate surface area is 167 Å². The highest BCUT2D eigenvalue weighted by atomic mass is 16.5. The lowest BCUT2D eigenvalue weighted by Gasteiger charge is -2.28. The van der Waals surface area contributed by atoms with Gasteiger partial charge in [-0.25, -0.2) is 9.97 Å². The quantitative estimate of drug-likeness (QED) is 0.807. The highest BCUT2D eigenvalue weighted by Gasteiger charge is 2.43. The summed E-state index contributed by atoms with van der Waals surface area (Å²) in [6.07, 6.45) is 6.75. The molecule has 0 unspecified atom stereocenters. The fourth-order valence-corrected chi connectivity index (χ4v) is 4.83. The van der Waals surface area contributed by atoms with Crippen LogP contribution in [0, 0.1) is 5.92 Å². The molecule has 6 rings (SSSR count). The van der Waals surface area contributed by atoms with Gasteiger partial charge in [-0.05, 0) is 78.8 Å². The molecule has 5 heteroatoms. The third kappa shape index (κ3) is 3.48. The van der Waals surface area contributed by atoms with Crippen molar-refractivity contribution in [1.29, 1.82) is 0 Å². The number of hydrogen-bond donors (Lipinski definition) is 1. The van der Waals surface area contributed by atoms with Crippen LogP contribution in [-0.4, -0.2) is 35.8 Å². The van der Waals surface area contributed by atoms with Crippen molar-refractivity contribution in [1.82, 2.24) is 9.97 Å². The van der Waals surface area contributed by atoms with Gasteiger partial charge in [-0.15, -0.1) is 0 Å². The summed E-state index contributed by atoms with van der Waals surface area (Å²) >= 11 is 0. The van der Waals surface area contributed by atoms with Crippen LogP contribution in [-0.2, 0) is 4.74 Å². The zero-order valence-corrected chi connectivity index (χ0v) is 16.9. The summed E-state index contributed by atoms with van der Waals surface area (Å²) in [5.41, 5.74) is 2.68. The molecule has 4 fully saturated rings. The van der Waals surface area contributed by atoms with Crippen molar-refractivity contribution in [3.8, 4) is 0 Å². The number of rotatable bonds is 5. The van der Waals surface area contributed by atoms with E-state index in [1.54, 1.807) is 0 Å². The first-order valence-electron chi connectivity index (χ1n) is 10.7. The molecule has 0 amide bonds. The molecule has 0 aromatic carbocycles. The first-order valence-corrected chi connectivity index (χ1v) is 10.7. The molecule has 0 spiro atoms. The fourth-order valence-electron chi connectivity index (χ4n) is 4.83. The first-order chi connectivity index (χ1) is 13.7. The summed E-state index contributed by atoms with van der Waals surface area (Å²) in [7, 11) is 0. The number of aromatic nitrogens is 2. The van der Waals surface area contributed by atoms with Gasteiger partial charge in [0.1, 0.15) is 17.5 Å². The zero-order valence-electron chi connectivity index (χ0n) is 16.9. The van der Waals surface area contributed by atoms with Gasteiger partial charge in [0.25, 0.3) is 0 Å². The molecule has 1 aliphatic carbocycles. The molecule has 1 N–H and O–H groups in total. The third-order valence-corrected chi connectivity index (χ3v) is 6.63. The summed E-state index contributed by atoms with van der Waals surface area (Å²) in [5.74, 6) is 4.84. The maximum absolute atomic E-state index is 5.58. The highest BCUT2D eigenvalue weighted by Crippen LogP contribution is 2.43. The molecule has 2 aromatic heterocycles. The SMILES string of the molecule is CC(C)c1ccnc(Nc2cc(C3CCOCC3)cc(N3CC4CC3C4)n2)c1. The maximum atomic E-state index is 5.58. The number of anilines is 3. The van der Waals surface area contributed by atoms with Crippen molar-refractivity contribution in [3.63, 3.8) is 0 Å². The molecule has 4 aliphatic rings. The minimum atomic E-state index is 0.483. The van der Waals surface area contributed by atoms with E-state index >= 15 is 0 Å². The van der Waals surface area contributed by atoms with E-state index in [0.29, 0.717) is 17.9 Å². The molecule has 3 saturated heterocycles. The van der Waals surface area contributed by atoms with Gasteiger partial charge in [0.15, 0.2) is 0 Å². The molecule has 0 atom stereocenters. The lowest BCUT2D eigenvalue weighted by Crippen LogP contribution is -2.29. The molecule has 5 heterocycles. The largest absolute Gasteiger partial charge is 0.381 e. The monoisotopic (exact) mass is 378 g/mol. The summed E-state index contributed by atoms with van der Waals surface area (Å²) in [5, 5.41) is 3.49. The van der Waals surface area contributed by atoms with Gasteiger partial charge in [-0.2, -0.15) is 0 Å². The number of fused-ring (bicyclic) bond motifs is 1. The van der Waals surface area contributed by atoms with Crippen LogP contribution < -0.4 is 10.2 Å². The maximum Gasteiger partial charge on any atom is 0.134 e. The number of ether oxygens (including phenoxy) is 1. The molecule has 148 valence electrons. The van der Waals surface area contributed by atoms with Crippen molar-refractivity contribution in [2.45, 2.75) is 57.4 Å². The summed E-state index contributed by atoms with van der Waals surface area (Å²) in [6.45, 7) is 7.30. The van der Waals surface area contributed by atoms with Crippen LogP contribution >= 0.6 is 0 Å². The molecule has 1 saturated carbocycles. The fraction of sp³-hybridized carbons (Fsp3) is 0.565. The number of nitrogens with zero attached hydrogens (tertiary/aromatic N) is 3. The standard InChI is InChI=1S/C23H30N4O/c1-15(2)18-3-6-24-21(11-18)25-22-12-19(17-4-7-28-8-5-17)13-23(26-22)27-14-16-9-20(27)10-16/h3,6,11-13,15-17,20H,4-5,7-10,14H2,1-2H3,(H,24,25,26). The Morgan fingerprint density at radius 1 is 1.11 bits per heavy atom. The number of nitrogens with one attached hydrogen (secondary N) is 1. The summed E-state index contributed by atoms with van der Waals surface area (Å²) in [4.78, 5) is 12.1. The van der Waals surface area contributed by atoms with Crippen molar-refractivity contribution in [3.05, 3.63) is 41.6 Å². The van der Waals surface area contributed by atoms with Gasteiger partial charge < -0.3 is 15.0 Å². The average molecular weight is 379 g/mol. The third-order valence-electron chi connectivity index (χ3n) is 6.63. The van der Waals surface area contributed by atoms with Crippen molar-refractivity contribution < 1.29 is 4.74 Å². The second-order valence-electron chi connectivity index (χ2n) is 8.93. The van der Waals surface area contributed by atoms with E-state index in [1.165, 1.54) is 24.0 Å². The predicted molar refractivity (Wildman–Crippen MR) is 112 cm³/mol. The van der Waals surface area contributed by atoms with Crippen molar-refractivity contribution in [2.75, 3.05) is 30.0 Å². The minimum Gasteiger partial charge on any atom is -0.381 e. The molecule has 0 radical (unpaired) electrons. The van der Waals surface area contributed by atoms with Crippen LogP contribution in [0.25, 0.3) is 0 Å². The van der Waals surface area contributed by atoms with Crippen LogP contribution in [0.1, 0.15) is 62.5 Å². The molecular formula is C23H30N4O. The lowest BCUT2D eigenvalue weighted by molar-refractivity contribution is 0.0853. The van der Waals surface area contributed by atoms with Crippen LogP contribution in [0.2, 0.25) is 0 Å². The van der Waals surface area contributed by atoms with Crippen LogP contribution in [0.15, 0.2) is 30.5 Å². The van der Waals surface area contributed by atoms with E-state index in [4.69, 9.17) is 9.72 Å². The van der Waals surface area contributed by atoms with E-state index in [1.807, 2.05) is 6.20 Å². The second kappa shape index (κ2) is 7.36. The predicted octanol–water partition coefficient (Wildman–Crippen LogP) is 4.84. The Hall–Kier alpha value is -2.14. The Morgan fingerprint density at radius 2 is 1.93 bits per heavy atom.